The number of hydrogen-bond donors (Lipinski definition) is 2. The zero-order valence-electron chi connectivity index (χ0n) is 14.4. The predicted molar refractivity (Wildman–Crippen MR) is 110 cm³/mol. The highest BCUT2D eigenvalue weighted by Gasteiger charge is 2.07. The van der Waals surface area contributed by atoms with E-state index in [4.69, 9.17) is 21.2 Å². The number of halogens is 2. The van der Waals surface area contributed by atoms with Crippen molar-refractivity contribution in [2.75, 3.05) is 6.54 Å². The van der Waals surface area contributed by atoms with Gasteiger partial charge in [-0.1, -0.05) is 23.7 Å². The van der Waals surface area contributed by atoms with Gasteiger partial charge in [-0.15, -0.1) is 12.4 Å². The van der Waals surface area contributed by atoms with Crippen molar-refractivity contribution in [2.45, 2.75) is 17.9 Å². The van der Waals surface area contributed by atoms with Crippen molar-refractivity contribution < 1.29 is 12.8 Å². The Balaban J connectivity index is 0.00000261. The molecule has 0 fully saturated rings. The van der Waals surface area contributed by atoms with Crippen molar-refractivity contribution in [1.82, 2.24) is 5.32 Å². The molecule has 1 aromatic heterocycles. The van der Waals surface area contributed by atoms with Gasteiger partial charge in [-0.3, -0.25) is 0 Å². The molecule has 27 heavy (non-hydrogen) atoms. The summed E-state index contributed by atoms with van der Waals surface area (Å²) in [7, 11) is -3.64. The number of furan rings is 1. The lowest BCUT2D eigenvalue weighted by molar-refractivity contribution is 0.494. The zero-order chi connectivity index (χ0) is 18.6. The van der Waals surface area contributed by atoms with Gasteiger partial charge < -0.3 is 9.73 Å². The summed E-state index contributed by atoms with van der Waals surface area (Å²) in [6.45, 7) is 1.36. The fraction of sp³-hybridized carbons (Fsp3) is 0.158. The standard InChI is InChI=1S/C19H19ClN2O3S.ClH/c20-16-5-3-15(4-6-16)19-10-7-17(25-19)13-22-12-11-14-1-8-18(9-2-14)26(21,23)24;/h1-10,22H,11-13H2,(H2,21,23,24);1H. The third-order valence-corrected chi connectivity index (χ3v) is 5.11. The predicted octanol–water partition coefficient (Wildman–Crippen LogP) is 4.00. The number of nitrogens with one attached hydrogen (secondary N) is 1. The number of sulfonamides is 1. The van der Waals surface area contributed by atoms with Crippen molar-refractivity contribution in [3.05, 3.63) is 77.0 Å². The van der Waals surface area contributed by atoms with E-state index in [9.17, 15) is 8.42 Å². The Hall–Kier alpha value is -1.83. The summed E-state index contributed by atoms with van der Waals surface area (Å²) in [6.07, 6.45) is 0.773. The Bertz CT molecular complexity index is 969. The SMILES string of the molecule is Cl.NS(=O)(=O)c1ccc(CCNCc2ccc(-c3ccc(Cl)cc3)o2)cc1. The summed E-state index contributed by atoms with van der Waals surface area (Å²) in [6, 6.07) is 18.0. The molecule has 0 atom stereocenters. The molecule has 0 radical (unpaired) electrons. The zero-order valence-corrected chi connectivity index (χ0v) is 16.8. The second kappa shape index (κ2) is 9.39. The van der Waals surface area contributed by atoms with Crippen molar-refractivity contribution in [2.24, 2.45) is 5.14 Å². The van der Waals surface area contributed by atoms with Crippen LogP contribution in [0, 0.1) is 0 Å². The fourth-order valence-electron chi connectivity index (χ4n) is 2.53. The summed E-state index contributed by atoms with van der Waals surface area (Å²) < 4.78 is 28.3. The van der Waals surface area contributed by atoms with E-state index >= 15 is 0 Å². The highest BCUT2D eigenvalue weighted by molar-refractivity contribution is 7.89. The summed E-state index contributed by atoms with van der Waals surface area (Å²) in [4.78, 5) is 0.125. The van der Waals surface area contributed by atoms with Crippen molar-refractivity contribution >= 4 is 34.0 Å². The number of rotatable bonds is 7. The van der Waals surface area contributed by atoms with Gasteiger partial charge in [0, 0.05) is 10.6 Å². The molecule has 0 saturated heterocycles. The van der Waals surface area contributed by atoms with Crippen LogP contribution >= 0.6 is 24.0 Å². The van der Waals surface area contributed by atoms with Crippen LogP contribution in [0.2, 0.25) is 5.02 Å². The van der Waals surface area contributed by atoms with Crippen LogP contribution in [0.1, 0.15) is 11.3 Å². The van der Waals surface area contributed by atoms with Gasteiger partial charge >= 0.3 is 0 Å². The maximum Gasteiger partial charge on any atom is 0.238 e. The molecule has 3 aromatic rings. The molecule has 0 aliphatic heterocycles. The Morgan fingerprint density at radius 3 is 2.26 bits per heavy atom. The number of hydrogen-bond acceptors (Lipinski definition) is 4. The molecule has 144 valence electrons. The van der Waals surface area contributed by atoms with Gasteiger partial charge in [0.2, 0.25) is 10.0 Å². The molecule has 3 rings (SSSR count). The van der Waals surface area contributed by atoms with Crippen LogP contribution in [0.5, 0.6) is 0 Å². The minimum atomic E-state index is -3.64. The molecule has 0 amide bonds. The maximum atomic E-state index is 11.2. The molecule has 0 unspecified atom stereocenters. The summed E-state index contributed by atoms with van der Waals surface area (Å²) in [5.41, 5.74) is 2.02. The van der Waals surface area contributed by atoms with E-state index in [0.717, 1.165) is 35.6 Å². The lowest BCUT2D eigenvalue weighted by Gasteiger charge is -2.05. The second-order valence-electron chi connectivity index (χ2n) is 5.89. The maximum absolute atomic E-state index is 11.2. The molecule has 2 aromatic carbocycles. The molecular weight excluding hydrogens is 407 g/mol. The Morgan fingerprint density at radius 1 is 0.963 bits per heavy atom. The molecule has 3 N–H and O–H groups in total. The number of nitrogens with two attached hydrogens (primary N) is 1. The van der Waals surface area contributed by atoms with E-state index in [0.29, 0.717) is 11.6 Å². The third-order valence-electron chi connectivity index (χ3n) is 3.93. The van der Waals surface area contributed by atoms with Gasteiger partial charge in [-0.05, 0) is 67.1 Å². The minimum Gasteiger partial charge on any atom is -0.460 e. The highest BCUT2D eigenvalue weighted by atomic mass is 35.5. The molecular formula is C19H20Cl2N2O3S. The van der Waals surface area contributed by atoms with Gasteiger partial charge in [0.15, 0.2) is 0 Å². The Kier molecular flexibility index (Phi) is 7.47. The number of primary sulfonamides is 1. The first-order valence-electron chi connectivity index (χ1n) is 8.09. The molecule has 0 spiro atoms. The molecule has 0 aliphatic carbocycles. The van der Waals surface area contributed by atoms with Gasteiger partial charge in [0.25, 0.3) is 0 Å². The molecule has 1 heterocycles. The first-order chi connectivity index (χ1) is 12.4. The molecule has 0 saturated carbocycles. The molecule has 8 heteroatoms. The second-order valence-corrected chi connectivity index (χ2v) is 7.89. The Morgan fingerprint density at radius 2 is 1.63 bits per heavy atom. The quantitative estimate of drug-likeness (QED) is 0.558. The average Bonchev–Trinajstić information content (AvgIpc) is 3.08. The van der Waals surface area contributed by atoms with Crippen molar-refractivity contribution in [3.63, 3.8) is 0 Å². The molecule has 0 aliphatic rings. The first-order valence-corrected chi connectivity index (χ1v) is 10.0. The monoisotopic (exact) mass is 426 g/mol. The van der Waals surface area contributed by atoms with Crippen LogP contribution in [0.15, 0.2) is 70.0 Å². The summed E-state index contributed by atoms with van der Waals surface area (Å²) >= 11 is 5.89. The van der Waals surface area contributed by atoms with Crippen molar-refractivity contribution in [3.8, 4) is 11.3 Å². The largest absolute Gasteiger partial charge is 0.460 e. The van der Waals surface area contributed by atoms with Crippen LogP contribution in [-0.2, 0) is 23.0 Å². The van der Waals surface area contributed by atoms with Crippen LogP contribution in [0.4, 0.5) is 0 Å². The van der Waals surface area contributed by atoms with Crippen LogP contribution < -0.4 is 10.5 Å². The lowest BCUT2D eigenvalue weighted by atomic mass is 10.1. The number of benzene rings is 2. The fourth-order valence-corrected chi connectivity index (χ4v) is 3.17. The van der Waals surface area contributed by atoms with E-state index in [2.05, 4.69) is 5.32 Å². The first kappa shape index (κ1) is 21.5. The van der Waals surface area contributed by atoms with E-state index in [-0.39, 0.29) is 17.3 Å². The van der Waals surface area contributed by atoms with Gasteiger partial charge in [0.1, 0.15) is 11.5 Å². The van der Waals surface area contributed by atoms with E-state index in [1.165, 1.54) is 12.1 Å². The molecule has 0 bridgehead atoms. The van der Waals surface area contributed by atoms with Crippen molar-refractivity contribution in [1.29, 1.82) is 0 Å². The van der Waals surface area contributed by atoms with Crippen LogP contribution in [-0.4, -0.2) is 15.0 Å². The van der Waals surface area contributed by atoms with E-state index in [1.54, 1.807) is 12.1 Å². The lowest BCUT2D eigenvalue weighted by Crippen LogP contribution is -2.16. The minimum absolute atomic E-state index is 0. The smallest absolute Gasteiger partial charge is 0.238 e. The third kappa shape index (κ3) is 6.09. The van der Waals surface area contributed by atoms with Crippen LogP contribution in [0.25, 0.3) is 11.3 Å². The van der Waals surface area contributed by atoms with E-state index in [1.807, 2.05) is 36.4 Å². The van der Waals surface area contributed by atoms with Gasteiger partial charge in [-0.2, -0.15) is 0 Å². The van der Waals surface area contributed by atoms with Crippen LogP contribution in [0.3, 0.4) is 0 Å². The summed E-state index contributed by atoms with van der Waals surface area (Å²) in [5.74, 6) is 1.65. The van der Waals surface area contributed by atoms with E-state index < -0.39 is 10.0 Å². The Labute approximate surface area is 170 Å². The molecule has 5 nitrogen and oxygen atoms in total. The average molecular weight is 427 g/mol. The van der Waals surface area contributed by atoms with Gasteiger partial charge in [0.05, 0.1) is 11.4 Å². The normalized spacial score (nSPS) is 11.2. The van der Waals surface area contributed by atoms with Gasteiger partial charge in [-0.25, -0.2) is 13.6 Å². The topological polar surface area (TPSA) is 85.3 Å². The summed E-state index contributed by atoms with van der Waals surface area (Å²) in [5, 5.41) is 9.09. The highest BCUT2D eigenvalue weighted by Crippen LogP contribution is 2.23.